The number of hydrogen-bond acceptors (Lipinski definition) is 5. The highest BCUT2D eigenvalue weighted by Crippen LogP contribution is 2.48. The van der Waals surface area contributed by atoms with Crippen molar-refractivity contribution in [2.24, 2.45) is 5.92 Å². The largest absolute Gasteiger partial charge is 0.483 e. The monoisotopic (exact) mass is 538 g/mol. The van der Waals surface area contributed by atoms with E-state index in [0.717, 1.165) is 5.56 Å². The van der Waals surface area contributed by atoms with E-state index < -0.39 is 22.6 Å². The predicted octanol–water partition coefficient (Wildman–Crippen LogP) is 4.22. The number of aromatic nitrogens is 1. The molecule has 0 unspecified atom stereocenters. The Morgan fingerprint density at radius 2 is 1.89 bits per heavy atom. The van der Waals surface area contributed by atoms with E-state index in [2.05, 4.69) is 0 Å². The number of amides is 1. The minimum Gasteiger partial charge on any atom is -0.483 e. The number of carbonyl (C=O) groups is 2. The third-order valence-corrected chi connectivity index (χ3v) is 7.82. The minimum atomic E-state index is -0.666. The number of nitrogens with zero attached hydrogens (tertiary/aromatic N) is 2. The summed E-state index contributed by atoms with van der Waals surface area (Å²) >= 11 is 5.88. The standard InChI is InChI=1S/C29H28ClFN2O5/c1-32-17-29(12-19(13-29)15-34)33-14-21(23(35)11-10-20-8-5-9-22(30)24(20)31)26(36)27(25(33)28(32)37)38-16-18-6-3-2-4-7-18/h2-9,14,19,34H,10-13,15-17H2,1H3. The Morgan fingerprint density at radius 3 is 2.61 bits per heavy atom. The van der Waals surface area contributed by atoms with Crippen molar-refractivity contribution < 1.29 is 23.8 Å². The fraction of sp³-hybridized carbons (Fsp3) is 0.345. The van der Waals surface area contributed by atoms with Crippen LogP contribution < -0.4 is 10.2 Å². The first kappa shape index (κ1) is 26.1. The van der Waals surface area contributed by atoms with Crippen molar-refractivity contribution >= 4 is 23.3 Å². The first-order valence-electron chi connectivity index (χ1n) is 12.5. The van der Waals surface area contributed by atoms with Crippen LogP contribution in [0.3, 0.4) is 0 Å². The highest BCUT2D eigenvalue weighted by Gasteiger charge is 2.51. The van der Waals surface area contributed by atoms with Gasteiger partial charge >= 0.3 is 0 Å². The second-order valence-corrected chi connectivity index (χ2v) is 10.6. The molecule has 2 heterocycles. The fourth-order valence-electron chi connectivity index (χ4n) is 5.59. The average molecular weight is 539 g/mol. The number of carbonyl (C=O) groups excluding carboxylic acids is 2. The van der Waals surface area contributed by atoms with Crippen LogP contribution >= 0.6 is 11.6 Å². The first-order valence-corrected chi connectivity index (χ1v) is 12.9. The number of likely N-dealkylation sites (N-methyl/N-ethyl adjacent to an activating group) is 1. The van der Waals surface area contributed by atoms with Gasteiger partial charge in [-0.25, -0.2) is 4.39 Å². The lowest BCUT2D eigenvalue weighted by Gasteiger charge is -2.53. The fourth-order valence-corrected chi connectivity index (χ4v) is 5.79. The van der Waals surface area contributed by atoms with Gasteiger partial charge < -0.3 is 19.3 Å². The van der Waals surface area contributed by atoms with E-state index in [9.17, 15) is 23.9 Å². The zero-order valence-corrected chi connectivity index (χ0v) is 21.7. The van der Waals surface area contributed by atoms with E-state index in [4.69, 9.17) is 16.3 Å². The van der Waals surface area contributed by atoms with Gasteiger partial charge in [-0.3, -0.25) is 14.4 Å². The van der Waals surface area contributed by atoms with Gasteiger partial charge in [-0.1, -0.05) is 54.1 Å². The van der Waals surface area contributed by atoms with Crippen molar-refractivity contribution in [3.63, 3.8) is 0 Å². The summed E-state index contributed by atoms with van der Waals surface area (Å²) in [6.07, 6.45) is 2.59. The van der Waals surface area contributed by atoms with Crippen LogP contribution in [-0.2, 0) is 18.6 Å². The van der Waals surface area contributed by atoms with E-state index in [1.165, 1.54) is 12.3 Å². The number of fused-ring (bicyclic) bond motifs is 2. The molecule has 7 nitrogen and oxygen atoms in total. The number of hydrogen-bond donors (Lipinski definition) is 1. The van der Waals surface area contributed by atoms with Crippen LogP contribution in [0.25, 0.3) is 0 Å². The molecule has 1 N–H and O–H groups in total. The molecule has 1 amide bonds. The molecule has 1 aliphatic heterocycles. The van der Waals surface area contributed by atoms with Crippen LogP contribution in [-0.4, -0.2) is 46.5 Å². The second-order valence-electron chi connectivity index (χ2n) is 10.2. The van der Waals surface area contributed by atoms with Crippen molar-refractivity contribution in [3.8, 4) is 5.75 Å². The van der Waals surface area contributed by atoms with Crippen LogP contribution in [0.4, 0.5) is 4.39 Å². The lowest BCUT2D eigenvalue weighted by molar-refractivity contribution is -0.0105. The normalized spacial score (nSPS) is 20.3. The molecular formula is C29H28ClFN2O5. The van der Waals surface area contributed by atoms with Crippen molar-refractivity contribution in [1.29, 1.82) is 0 Å². The molecule has 2 aromatic carbocycles. The molecule has 1 spiro atoms. The van der Waals surface area contributed by atoms with Crippen LogP contribution in [0.5, 0.6) is 5.75 Å². The topological polar surface area (TPSA) is 88.8 Å². The first-order chi connectivity index (χ1) is 18.2. The zero-order valence-electron chi connectivity index (χ0n) is 21.0. The molecule has 1 aliphatic carbocycles. The van der Waals surface area contributed by atoms with E-state index in [0.29, 0.717) is 19.4 Å². The molecule has 9 heteroatoms. The Bertz CT molecular complexity index is 1450. The van der Waals surface area contributed by atoms with E-state index in [1.54, 1.807) is 28.6 Å². The molecule has 1 fully saturated rings. The molecule has 1 saturated carbocycles. The number of Topliss-reactive ketones (excluding diaryl/α,β-unsaturated/α-hetero) is 1. The lowest BCUT2D eigenvalue weighted by atomic mass is 9.67. The SMILES string of the molecule is CN1CC2(CC(CO)C2)n2cc(C(=O)CCc3cccc(Cl)c3F)c(=O)c(OCc3ccccc3)c2C1=O. The maximum atomic E-state index is 14.4. The molecular weight excluding hydrogens is 511 g/mol. The van der Waals surface area contributed by atoms with E-state index >= 15 is 0 Å². The number of halogens is 2. The molecule has 0 atom stereocenters. The summed E-state index contributed by atoms with van der Waals surface area (Å²) in [6.45, 7) is 0.443. The predicted molar refractivity (Wildman–Crippen MR) is 140 cm³/mol. The number of pyridine rings is 1. The summed E-state index contributed by atoms with van der Waals surface area (Å²) in [6, 6.07) is 13.8. The number of aliphatic hydroxyl groups excluding tert-OH is 1. The van der Waals surface area contributed by atoms with Gasteiger partial charge in [0.15, 0.2) is 17.2 Å². The van der Waals surface area contributed by atoms with Gasteiger partial charge in [-0.15, -0.1) is 0 Å². The molecule has 0 radical (unpaired) electrons. The third-order valence-electron chi connectivity index (χ3n) is 7.53. The molecule has 0 bridgehead atoms. The van der Waals surface area contributed by atoms with Gasteiger partial charge in [0.2, 0.25) is 5.43 Å². The molecule has 1 aromatic heterocycles. The van der Waals surface area contributed by atoms with Crippen LogP contribution in [0.15, 0.2) is 59.5 Å². The van der Waals surface area contributed by atoms with Gasteiger partial charge in [-0.2, -0.15) is 0 Å². The minimum absolute atomic E-state index is 0.0172. The summed E-state index contributed by atoms with van der Waals surface area (Å²) in [5.41, 5.74) is -0.146. The van der Waals surface area contributed by atoms with Crippen LogP contribution in [0, 0.1) is 11.7 Å². The smallest absolute Gasteiger partial charge is 0.274 e. The number of benzene rings is 2. The Kier molecular flexibility index (Phi) is 7.11. The molecule has 2 aliphatic rings. The van der Waals surface area contributed by atoms with Crippen LogP contribution in [0.1, 0.15) is 51.2 Å². The zero-order chi connectivity index (χ0) is 27.0. The molecule has 198 valence electrons. The van der Waals surface area contributed by atoms with Crippen molar-refractivity contribution in [2.45, 2.75) is 37.8 Å². The van der Waals surface area contributed by atoms with Crippen LogP contribution in [0.2, 0.25) is 5.02 Å². The summed E-state index contributed by atoms with van der Waals surface area (Å²) in [5.74, 6) is -1.55. The Labute approximate surface area is 224 Å². The van der Waals surface area contributed by atoms with Crippen molar-refractivity contribution in [3.05, 3.63) is 98.2 Å². The second kappa shape index (κ2) is 10.3. The molecule has 3 aromatic rings. The van der Waals surface area contributed by atoms with Gasteiger partial charge in [-0.05, 0) is 42.4 Å². The summed E-state index contributed by atoms with van der Waals surface area (Å²) in [7, 11) is 1.67. The number of rotatable bonds is 8. The summed E-state index contributed by atoms with van der Waals surface area (Å²) in [5, 5.41) is 9.65. The number of ether oxygens (including phenoxy) is 1. The van der Waals surface area contributed by atoms with Crippen molar-refractivity contribution in [1.82, 2.24) is 9.47 Å². The van der Waals surface area contributed by atoms with Gasteiger partial charge in [0.05, 0.1) is 16.1 Å². The summed E-state index contributed by atoms with van der Waals surface area (Å²) < 4.78 is 22.1. The average Bonchev–Trinajstić information content (AvgIpc) is 2.89. The maximum Gasteiger partial charge on any atom is 0.274 e. The number of aliphatic hydroxyl groups is 1. The third kappa shape index (κ3) is 4.63. The van der Waals surface area contributed by atoms with E-state index in [-0.39, 0.29) is 65.5 Å². The Hall–Kier alpha value is -3.49. The molecule has 0 saturated heterocycles. The number of ketones is 1. The maximum absolute atomic E-state index is 14.4. The molecule has 5 rings (SSSR count). The highest BCUT2D eigenvalue weighted by molar-refractivity contribution is 6.30. The lowest BCUT2D eigenvalue weighted by Crippen LogP contribution is -2.60. The van der Waals surface area contributed by atoms with Gasteiger partial charge in [0.25, 0.3) is 5.91 Å². The van der Waals surface area contributed by atoms with E-state index in [1.807, 2.05) is 30.3 Å². The quantitative estimate of drug-likeness (QED) is 0.434. The summed E-state index contributed by atoms with van der Waals surface area (Å²) in [4.78, 5) is 41.9. The highest BCUT2D eigenvalue weighted by atomic mass is 35.5. The number of aryl methyl sites for hydroxylation is 1. The Balaban J connectivity index is 1.56. The van der Waals surface area contributed by atoms with Crippen molar-refractivity contribution in [2.75, 3.05) is 20.2 Å². The molecule has 38 heavy (non-hydrogen) atoms. The Morgan fingerprint density at radius 1 is 1.16 bits per heavy atom. The van der Waals surface area contributed by atoms with Gasteiger partial charge in [0.1, 0.15) is 12.4 Å². The van der Waals surface area contributed by atoms with Gasteiger partial charge in [0, 0.05) is 32.8 Å².